The molecule has 0 spiro atoms. The Morgan fingerprint density at radius 3 is 2.81 bits per heavy atom. The molecule has 0 aliphatic carbocycles. The molecule has 1 aliphatic rings. The third kappa shape index (κ3) is 3.20. The maximum Gasteiger partial charge on any atom is 0.163 e. The van der Waals surface area contributed by atoms with Gasteiger partial charge in [0.15, 0.2) is 5.82 Å². The minimum absolute atomic E-state index is 0.353. The molecule has 2 aromatic heterocycles. The van der Waals surface area contributed by atoms with Gasteiger partial charge >= 0.3 is 0 Å². The van der Waals surface area contributed by atoms with Gasteiger partial charge in [0.05, 0.1) is 0 Å². The van der Waals surface area contributed by atoms with Crippen molar-refractivity contribution in [2.75, 3.05) is 18.0 Å². The van der Waals surface area contributed by atoms with E-state index >= 15 is 0 Å². The Morgan fingerprint density at radius 1 is 1.24 bits per heavy atom. The molecular weight excluding hydrogens is 260 g/mol. The second-order valence-electron chi connectivity index (χ2n) is 6.62. The molecule has 4 nitrogen and oxygen atoms in total. The van der Waals surface area contributed by atoms with Crippen molar-refractivity contribution in [3.05, 3.63) is 36.3 Å². The summed E-state index contributed by atoms with van der Waals surface area (Å²) in [4.78, 5) is 15.9. The fourth-order valence-electron chi connectivity index (χ4n) is 2.96. The molecule has 2 aromatic rings. The van der Waals surface area contributed by atoms with Crippen molar-refractivity contribution in [1.82, 2.24) is 15.0 Å². The maximum absolute atomic E-state index is 4.77. The highest BCUT2D eigenvalue weighted by molar-refractivity contribution is 5.56. The predicted octanol–water partition coefficient (Wildman–Crippen LogP) is 3.47. The van der Waals surface area contributed by atoms with Crippen molar-refractivity contribution in [3.63, 3.8) is 0 Å². The van der Waals surface area contributed by atoms with Crippen molar-refractivity contribution in [2.24, 2.45) is 5.41 Å². The van der Waals surface area contributed by atoms with Crippen LogP contribution in [0.2, 0.25) is 0 Å². The third-order valence-electron chi connectivity index (χ3n) is 3.98. The van der Waals surface area contributed by atoms with Crippen LogP contribution in [0, 0.1) is 12.3 Å². The molecule has 1 saturated heterocycles. The molecule has 0 aromatic carbocycles. The summed E-state index contributed by atoms with van der Waals surface area (Å²) in [7, 11) is 0. The van der Waals surface area contributed by atoms with Crippen LogP contribution < -0.4 is 4.90 Å². The predicted molar refractivity (Wildman–Crippen MR) is 85.2 cm³/mol. The molecule has 3 heterocycles. The first-order chi connectivity index (χ1) is 10.0. The summed E-state index contributed by atoms with van der Waals surface area (Å²) < 4.78 is 0. The number of nitrogens with zero attached hydrogens (tertiary/aromatic N) is 4. The first kappa shape index (κ1) is 14.0. The Labute approximate surface area is 126 Å². The number of hydrogen-bond donors (Lipinski definition) is 0. The van der Waals surface area contributed by atoms with Crippen molar-refractivity contribution >= 4 is 5.82 Å². The summed E-state index contributed by atoms with van der Waals surface area (Å²) in [6.45, 7) is 8.81. The SMILES string of the molecule is Cc1cc(N2CCCC(C)(C)C2)nc(-c2cccnc2)n1. The molecule has 21 heavy (non-hydrogen) atoms. The van der Waals surface area contributed by atoms with E-state index in [2.05, 4.69) is 34.8 Å². The zero-order valence-electron chi connectivity index (χ0n) is 13.0. The monoisotopic (exact) mass is 282 g/mol. The summed E-state index contributed by atoms with van der Waals surface area (Å²) in [6, 6.07) is 6.01. The van der Waals surface area contributed by atoms with E-state index in [1.807, 2.05) is 25.3 Å². The van der Waals surface area contributed by atoms with Crippen LogP contribution in [0.15, 0.2) is 30.6 Å². The lowest BCUT2D eigenvalue weighted by Crippen LogP contribution is -2.40. The highest BCUT2D eigenvalue weighted by atomic mass is 15.2. The van der Waals surface area contributed by atoms with Crippen LogP contribution in [-0.4, -0.2) is 28.0 Å². The summed E-state index contributed by atoms with van der Waals surface area (Å²) in [5.41, 5.74) is 2.33. The van der Waals surface area contributed by atoms with Gasteiger partial charge in [-0.2, -0.15) is 0 Å². The largest absolute Gasteiger partial charge is 0.356 e. The second-order valence-corrected chi connectivity index (χ2v) is 6.62. The van der Waals surface area contributed by atoms with Gasteiger partial charge in [0.25, 0.3) is 0 Å². The van der Waals surface area contributed by atoms with Crippen molar-refractivity contribution < 1.29 is 0 Å². The second kappa shape index (κ2) is 5.43. The molecule has 0 N–H and O–H groups in total. The number of pyridine rings is 1. The van der Waals surface area contributed by atoms with Crippen LogP contribution in [0.5, 0.6) is 0 Å². The summed E-state index contributed by atoms with van der Waals surface area (Å²) in [6.07, 6.45) is 6.09. The normalized spacial score (nSPS) is 17.8. The summed E-state index contributed by atoms with van der Waals surface area (Å²) in [5, 5.41) is 0. The van der Waals surface area contributed by atoms with Gasteiger partial charge < -0.3 is 4.90 Å². The van der Waals surface area contributed by atoms with Crippen LogP contribution in [0.3, 0.4) is 0 Å². The molecule has 110 valence electrons. The average Bonchev–Trinajstić information content (AvgIpc) is 2.46. The van der Waals surface area contributed by atoms with Gasteiger partial charge in [-0.1, -0.05) is 13.8 Å². The fourth-order valence-corrected chi connectivity index (χ4v) is 2.96. The first-order valence-electron chi connectivity index (χ1n) is 7.55. The number of hydrogen-bond acceptors (Lipinski definition) is 4. The van der Waals surface area contributed by atoms with E-state index in [0.717, 1.165) is 36.0 Å². The topological polar surface area (TPSA) is 41.9 Å². The van der Waals surface area contributed by atoms with E-state index < -0.39 is 0 Å². The highest BCUT2D eigenvalue weighted by Crippen LogP contribution is 2.31. The minimum atomic E-state index is 0.353. The number of rotatable bonds is 2. The molecule has 1 aliphatic heterocycles. The van der Waals surface area contributed by atoms with E-state index in [9.17, 15) is 0 Å². The van der Waals surface area contributed by atoms with Gasteiger partial charge in [-0.25, -0.2) is 9.97 Å². The van der Waals surface area contributed by atoms with Gasteiger partial charge in [-0.15, -0.1) is 0 Å². The lowest BCUT2D eigenvalue weighted by molar-refractivity contribution is 0.292. The molecule has 0 saturated carbocycles. The van der Waals surface area contributed by atoms with Crippen LogP contribution in [-0.2, 0) is 0 Å². The van der Waals surface area contributed by atoms with Crippen LogP contribution in [0.25, 0.3) is 11.4 Å². The Hall–Kier alpha value is -1.97. The zero-order valence-corrected chi connectivity index (χ0v) is 13.0. The van der Waals surface area contributed by atoms with E-state index in [-0.39, 0.29) is 0 Å². The smallest absolute Gasteiger partial charge is 0.163 e. The van der Waals surface area contributed by atoms with Crippen LogP contribution in [0.4, 0.5) is 5.82 Å². The highest BCUT2D eigenvalue weighted by Gasteiger charge is 2.27. The Bertz CT molecular complexity index is 622. The van der Waals surface area contributed by atoms with Gasteiger partial charge in [0.1, 0.15) is 5.82 Å². The number of piperidine rings is 1. The van der Waals surface area contributed by atoms with E-state index in [0.29, 0.717) is 5.41 Å². The first-order valence-corrected chi connectivity index (χ1v) is 7.55. The Morgan fingerprint density at radius 2 is 2.10 bits per heavy atom. The molecule has 4 heteroatoms. The Kier molecular flexibility index (Phi) is 3.62. The summed E-state index contributed by atoms with van der Waals surface area (Å²) >= 11 is 0. The van der Waals surface area contributed by atoms with Crippen molar-refractivity contribution in [3.8, 4) is 11.4 Å². The molecule has 0 atom stereocenters. The van der Waals surface area contributed by atoms with Gasteiger partial charge in [-0.05, 0) is 37.3 Å². The van der Waals surface area contributed by atoms with Gasteiger partial charge in [0, 0.05) is 42.8 Å². The summed E-state index contributed by atoms with van der Waals surface area (Å²) in [5.74, 6) is 1.80. The zero-order chi connectivity index (χ0) is 14.9. The molecule has 0 bridgehead atoms. The van der Waals surface area contributed by atoms with Gasteiger partial charge in [-0.3, -0.25) is 4.98 Å². The van der Waals surface area contributed by atoms with E-state index in [4.69, 9.17) is 4.98 Å². The van der Waals surface area contributed by atoms with Crippen molar-refractivity contribution in [2.45, 2.75) is 33.6 Å². The van der Waals surface area contributed by atoms with Crippen molar-refractivity contribution in [1.29, 1.82) is 0 Å². The number of anilines is 1. The number of aryl methyl sites for hydroxylation is 1. The fraction of sp³-hybridized carbons (Fsp3) is 0.471. The Balaban J connectivity index is 1.95. The molecule has 0 unspecified atom stereocenters. The van der Waals surface area contributed by atoms with E-state index in [1.54, 1.807) is 6.20 Å². The van der Waals surface area contributed by atoms with E-state index in [1.165, 1.54) is 12.8 Å². The molecule has 0 amide bonds. The molecular formula is C17H22N4. The van der Waals surface area contributed by atoms with Gasteiger partial charge in [0.2, 0.25) is 0 Å². The standard InChI is InChI=1S/C17H22N4/c1-13-10-15(21-9-5-7-17(2,3)12-21)20-16(19-13)14-6-4-8-18-11-14/h4,6,8,10-11H,5,7,9,12H2,1-3H3. The lowest BCUT2D eigenvalue weighted by Gasteiger charge is -2.38. The maximum atomic E-state index is 4.77. The quantitative estimate of drug-likeness (QED) is 0.845. The molecule has 3 rings (SSSR count). The van der Waals surface area contributed by atoms with Crippen LogP contribution >= 0.6 is 0 Å². The minimum Gasteiger partial charge on any atom is -0.356 e. The molecule has 1 fully saturated rings. The van der Waals surface area contributed by atoms with Crippen LogP contribution in [0.1, 0.15) is 32.4 Å². The lowest BCUT2D eigenvalue weighted by atomic mass is 9.84. The third-order valence-corrected chi connectivity index (χ3v) is 3.98. The average molecular weight is 282 g/mol. The molecule has 0 radical (unpaired) electrons. The number of aromatic nitrogens is 3.